The molecule has 3 aromatic heterocycles. The third kappa shape index (κ3) is 12.5. The minimum absolute atomic E-state index is 0.00732. The molecule has 0 saturated heterocycles. The molecule has 8 saturated carbocycles. The first-order chi connectivity index (χ1) is 54.3. The summed E-state index contributed by atoms with van der Waals surface area (Å²) in [6.07, 6.45) is 10.3. The van der Waals surface area contributed by atoms with E-state index in [2.05, 4.69) is 124 Å². The normalized spacial score (nSPS) is 35.3. The van der Waals surface area contributed by atoms with Gasteiger partial charge in [0.1, 0.15) is 36.2 Å². The molecule has 0 amide bonds. The second kappa shape index (κ2) is 29.3. The van der Waals surface area contributed by atoms with Crippen molar-refractivity contribution in [3.05, 3.63) is 87.2 Å². The average molecular weight is 1590 g/mol. The molecule has 19 atom stereocenters. The monoisotopic (exact) mass is 1590 g/mol. The lowest BCUT2D eigenvalue weighted by Gasteiger charge is -2.72. The van der Waals surface area contributed by atoms with Crippen LogP contribution in [-0.2, 0) is 57.8 Å². The highest BCUT2D eigenvalue weighted by molar-refractivity contribution is 6.01. The fourth-order valence-electron chi connectivity index (χ4n) is 28.4. The van der Waals surface area contributed by atoms with E-state index in [1.165, 1.54) is 13.1 Å². The number of esters is 2. The smallest absolute Gasteiger partial charge is 0.310 e. The number of pyridine rings is 1. The summed E-state index contributed by atoms with van der Waals surface area (Å²) in [5.41, 5.74) is 11.6. The Morgan fingerprint density at radius 3 is 1.45 bits per heavy atom. The Bertz CT molecular complexity index is 4800. The van der Waals surface area contributed by atoms with Gasteiger partial charge >= 0.3 is 23.9 Å². The van der Waals surface area contributed by atoms with Gasteiger partial charge < -0.3 is 50.5 Å². The van der Waals surface area contributed by atoms with E-state index in [4.69, 9.17) is 31.1 Å². The summed E-state index contributed by atoms with van der Waals surface area (Å²) in [4.78, 5) is 88.4. The lowest BCUT2D eigenvalue weighted by molar-refractivity contribution is -0.235. The van der Waals surface area contributed by atoms with Crippen LogP contribution in [0, 0.1) is 135 Å². The summed E-state index contributed by atoms with van der Waals surface area (Å²) in [5, 5.41) is 86.9. The van der Waals surface area contributed by atoms with Gasteiger partial charge in [0.15, 0.2) is 34.9 Å². The molecule has 4 aromatic rings. The Hall–Kier alpha value is -7.83. The van der Waals surface area contributed by atoms with Crippen molar-refractivity contribution in [2.24, 2.45) is 124 Å². The zero-order chi connectivity index (χ0) is 84.3. The summed E-state index contributed by atoms with van der Waals surface area (Å²) in [6.45, 7) is 37.6. The fourth-order valence-corrected chi connectivity index (χ4v) is 28.4. The number of nitrogens with two attached hydrogens (primary N) is 2. The summed E-state index contributed by atoms with van der Waals surface area (Å²) in [5.74, 6) is -1.10. The highest BCUT2D eigenvalue weighted by atomic mass is 16.5. The topological polar surface area (TPSA) is 376 Å². The number of carbonyl (C=O) groups excluding carboxylic acids is 4. The molecule has 23 heteroatoms. The Labute approximate surface area is 684 Å². The highest BCUT2D eigenvalue weighted by Crippen LogP contribution is 2.80. The Morgan fingerprint density at radius 1 is 0.560 bits per heavy atom. The van der Waals surface area contributed by atoms with Gasteiger partial charge in [-0.25, -0.2) is 0 Å². The number of benzene rings is 1. The molecule has 3 heterocycles. The van der Waals surface area contributed by atoms with Crippen LogP contribution in [0.4, 0.5) is 0 Å². The quantitative estimate of drug-likeness (QED) is 0.0398. The van der Waals surface area contributed by atoms with Gasteiger partial charge in [-0.3, -0.25) is 33.8 Å². The van der Waals surface area contributed by atoms with Crippen molar-refractivity contribution < 1.29 is 58.7 Å². The van der Waals surface area contributed by atoms with Crippen molar-refractivity contribution in [2.45, 2.75) is 290 Å². The molecule has 1 aromatic carbocycles. The highest BCUT2D eigenvalue weighted by Gasteiger charge is 2.74. The van der Waals surface area contributed by atoms with Gasteiger partial charge in [0, 0.05) is 72.4 Å². The van der Waals surface area contributed by atoms with E-state index in [9.17, 15) is 59.7 Å². The zero-order valence-electron chi connectivity index (χ0n) is 71.8. The standard InChI is InChI=1S/C93H127N11O12/c1-51(2)70-60(105)44-92(36-34-88(14)57(72(70)92)21-24-64-86(12)30-28-66(115-68(107)46-82(5,6)80(111)112)83(7,8)62(86)26-32-90(64,88)16)74(109)78-101-99-76(103(78)40-38-94)54-19-20-55(49-97)56(42-54)43-85(11,81(113)114)47-69(108)116-67-29-31-87(13)63(84(67,9)10)27-33-91(17)65(87)25-22-58-73-71(52(3)4)61(106)45-93(73,37-35-89(58,91)15)75(110)79-102-100-77(104(79)41-39-95)59-23-18-53(48-96)50-98-59/h18-20,23,42,50-52,57-58,62-67,74-75,109-110H,21-22,24-41,43-47,94-95H2,1-17H3,(H,111,112)(H,113,114)/t57-,58?,62?,63?,64?,65?,66+,67+,74-,75+,85?,86+,87+,88-,89-,90-,91-,92-,93-/m1/s1. The first-order valence-corrected chi connectivity index (χ1v) is 43.3. The Kier molecular flexibility index (Phi) is 21.3. The number of fused-ring (bicyclic) bond motifs is 14. The minimum Gasteiger partial charge on any atom is -0.481 e. The molecule has 8 N–H and O–H groups in total. The second-order valence-electron chi connectivity index (χ2n) is 41.9. The molecule has 6 unspecified atom stereocenters. The number of hydrogen-bond acceptors (Lipinski definition) is 19. The number of allylic oxidation sites excluding steroid dienone is 2. The first-order valence-electron chi connectivity index (χ1n) is 43.3. The third-order valence-corrected chi connectivity index (χ3v) is 34.6. The van der Waals surface area contributed by atoms with E-state index >= 15 is 0 Å². The molecule has 8 fully saturated rings. The maximum atomic E-state index is 15.0. The maximum Gasteiger partial charge on any atom is 0.310 e. The molecule has 23 nitrogen and oxygen atoms in total. The number of ketones is 2. The molecule has 0 radical (unpaired) electrons. The van der Waals surface area contributed by atoms with Gasteiger partial charge in [0.2, 0.25) is 0 Å². The number of rotatable bonds is 22. The van der Waals surface area contributed by atoms with E-state index in [0.29, 0.717) is 78.0 Å². The number of aliphatic hydroxyl groups excluding tert-OH is 2. The predicted octanol–water partition coefficient (Wildman–Crippen LogP) is 15.3. The van der Waals surface area contributed by atoms with Crippen LogP contribution in [0.5, 0.6) is 0 Å². The lowest BCUT2D eigenvalue weighted by Crippen LogP contribution is -2.66. The molecular weight excluding hydrogens is 1460 g/mol. The number of carbonyl (C=O) groups is 6. The SMILES string of the molecule is CC(C)C1=C2[C@H]3CCC4[C@@]5(C)CC[C@H](OC(=O)CC(C)(C)C(=O)O)C(C)(C)C5CC[C@@]4(C)[C@]3(C)CC[C@@]2([C@H](O)c2nnc(-c3ccc(C#N)c(CC(C)(CC(=O)O[C@H]4CC[C@@]5(C)C(CC[C@]6(C)C5CCC5C7=C(C(C)C)C(=O)C[C@]7([C@@H](O)c7nnc(-c8ccc(C#N)cn8)n7CCN)CC[C@]56C)C4(C)C)C(=O)O)c3)n2CCN)CC1=O. The zero-order valence-corrected chi connectivity index (χ0v) is 71.8. The van der Waals surface area contributed by atoms with Crippen molar-refractivity contribution in [2.75, 3.05) is 13.1 Å². The van der Waals surface area contributed by atoms with E-state index in [1.54, 1.807) is 44.2 Å². The molecule has 626 valence electrons. The van der Waals surface area contributed by atoms with Crippen molar-refractivity contribution in [3.8, 4) is 35.0 Å². The lowest BCUT2D eigenvalue weighted by atomic mass is 9.33. The molecule has 10 aliphatic rings. The van der Waals surface area contributed by atoms with Crippen LogP contribution in [0.1, 0.15) is 287 Å². The van der Waals surface area contributed by atoms with E-state index in [-0.39, 0.29) is 154 Å². The van der Waals surface area contributed by atoms with E-state index in [1.807, 2.05) is 9.13 Å². The molecular formula is C93H127N11O12. The van der Waals surface area contributed by atoms with E-state index in [0.717, 1.165) is 99.3 Å². The molecule has 0 bridgehead atoms. The van der Waals surface area contributed by atoms with Gasteiger partial charge in [-0.15, -0.1) is 20.4 Å². The van der Waals surface area contributed by atoms with Crippen molar-refractivity contribution in [1.82, 2.24) is 34.5 Å². The molecule has 0 aliphatic heterocycles. The minimum atomic E-state index is -1.73. The number of hydrogen-bond donors (Lipinski definition) is 6. The summed E-state index contributed by atoms with van der Waals surface area (Å²) in [6, 6.07) is 12.9. The summed E-state index contributed by atoms with van der Waals surface area (Å²) < 4.78 is 16.6. The number of Topliss-reactive ketones (excluding diaryl/α,β-unsaturated/α-hetero) is 2. The van der Waals surface area contributed by atoms with Crippen LogP contribution in [-0.4, -0.2) is 116 Å². The molecule has 116 heavy (non-hydrogen) atoms. The summed E-state index contributed by atoms with van der Waals surface area (Å²) in [7, 11) is 0. The third-order valence-electron chi connectivity index (χ3n) is 34.6. The number of carboxylic acids is 2. The maximum absolute atomic E-state index is 15.0. The predicted molar refractivity (Wildman–Crippen MR) is 435 cm³/mol. The van der Waals surface area contributed by atoms with Gasteiger partial charge in [-0.2, -0.15) is 10.5 Å². The summed E-state index contributed by atoms with van der Waals surface area (Å²) >= 11 is 0. The Morgan fingerprint density at radius 2 is 1.03 bits per heavy atom. The van der Waals surface area contributed by atoms with Crippen LogP contribution < -0.4 is 11.5 Å². The number of nitrogens with zero attached hydrogens (tertiary/aromatic N) is 9. The van der Waals surface area contributed by atoms with Crippen LogP contribution in [0.2, 0.25) is 0 Å². The van der Waals surface area contributed by atoms with Crippen molar-refractivity contribution in [1.29, 1.82) is 10.5 Å². The fraction of sp³-hybridized carbons (Fsp3) is 0.710. The average Bonchev–Trinajstić information content (AvgIpc) is 1.08. The van der Waals surface area contributed by atoms with Gasteiger partial charge in [0.25, 0.3) is 0 Å². The van der Waals surface area contributed by atoms with Gasteiger partial charge in [-0.05, 0) is 268 Å². The number of aromatic nitrogens is 7. The molecule has 14 rings (SSSR count). The first kappa shape index (κ1) is 84.6. The van der Waals surface area contributed by atoms with Gasteiger partial charge in [0.05, 0.1) is 40.9 Å². The van der Waals surface area contributed by atoms with Crippen LogP contribution in [0.25, 0.3) is 22.9 Å². The Balaban J connectivity index is 0.680. The van der Waals surface area contributed by atoms with Crippen LogP contribution >= 0.6 is 0 Å². The van der Waals surface area contributed by atoms with Crippen LogP contribution in [0.15, 0.2) is 58.8 Å². The number of aliphatic carboxylic acids is 2. The number of aliphatic hydroxyl groups is 2. The van der Waals surface area contributed by atoms with Crippen molar-refractivity contribution >= 4 is 35.4 Å². The largest absolute Gasteiger partial charge is 0.481 e. The number of carboxylic acid groups (broad SMARTS) is 2. The number of nitriles is 2. The molecule has 0 spiro atoms. The van der Waals surface area contributed by atoms with E-state index < -0.39 is 75.7 Å². The number of ether oxygens (including phenoxy) is 2. The van der Waals surface area contributed by atoms with Crippen molar-refractivity contribution in [3.63, 3.8) is 0 Å². The van der Waals surface area contributed by atoms with Crippen LogP contribution in [0.3, 0.4) is 0 Å². The molecule has 10 aliphatic carbocycles. The second-order valence-corrected chi connectivity index (χ2v) is 41.9. The van der Waals surface area contributed by atoms with Gasteiger partial charge in [-0.1, -0.05) is 96.9 Å².